The van der Waals surface area contributed by atoms with Crippen molar-refractivity contribution in [2.75, 3.05) is 27.2 Å². The van der Waals surface area contributed by atoms with Gasteiger partial charge in [0.05, 0.1) is 12.3 Å². The molecule has 1 atom stereocenters. The van der Waals surface area contributed by atoms with Crippen molar-refractivity contribution in [3.05, 3.63) is 17.5 Å². The van der Waals surface area contributed by atoms with Gasteiger partial charge in [-0.3, -0.25) is 10.00 Å². The van der Waals surface area contributed by atoms with Crippen LogP contribution in [0.4, 0.5) is 0 Å². The number of nitriles is 1. The number of rotatable bonds is 5. The van der Waals surface area contributed by atoms with Gasteiger partial charge < -0.3 is 4.90 Å². The van der Waals surface area contributed by atoms with E-state index in [2.05, 4.69) is 21.4 Å². The fraction of sp³-hybridized carbons (Fsp3) is 0.636. The lowest BCUT2D eigenvalue weighted by Gasteiger charge is -2.14. The van der Waals surface area contributed by atoms with Crippen LogP contribution < -0.4 is 5.32 Å². The van der Waals surface area contributed by atoms with Crippen molar-refractivity contribution in [1.29, 1.82) is 5.26 Å². The van der Waals surface area contributed by atoms with Crippen LogP contribution >= 0.6 is 0 Å². The van der Waals surface area contributed by atoms with Crippen LogP contribution in [0.1, 0.15) is 17.3 Å². The van der Waals surface area contributed by atoms with Crippen LogP contribution in [0.25, 0.3) is 0 Å². The molecule has 0 radical (unpaired) electrons. The van der Waals surface area contributed by atoms with E-state index in [1.54, 1.807) is 10.9 Å². The molecule has 0 amide bonds. The molecule has 0 saturated heterocycles. The van der Waals surface area contributed by atoms with Crippen molar-refractivity contribution < 1.29 is 0 Å². The molecule has 0 aliphatic rings. The maximum atomic E-state index is 9.12. The number of aromatic nitrogens is 2. The Labute approximate surface area is 96.7 Å². The largest absolute Gasteiger partial charge is 0.308 e. The summed E-state index contributed by atoms with van der Waals surface area (Å²) in [4.78, 5) is 2.08. The first kappa shape index (κ1) is 12.7. The highest BCUT2D eigenvalue weighted by atomic mass is 15.3. The zero-order valence-electron chi connectivity index (χ0n) is 10.4. The van der Waals surface area contributed by atoms with Crippen LogP contribution in [0.3, 0.4) is 0 Å². The van der Waals surface area contributed by atoms with E-state index in [0.717, 1.165) is 24.3 Å². The lowest BCUT2D eigenvalue weighted by molar-refractivity contribution is 0.395. The molecule has 0 aromatic carbocycles. The average molecular weight is 221 g/mol. The van der Waals surface area contributed by atoms with Gasteiger partial charge in [0.2, 0.25) is 0 Å². The molecule has 0 saturated carbocycles. The van der Waals surface area contributed by atoms with E-state index in [1.165, 1.54) is 0 Å². The second-order valence-electron chi connectivity index (χ2n) is 4.13. The minimum Gasteiger partial charge on any atom is -0.308 e. The molecule has 5 nitrogen and oxygen atoms in total. The molecule has 16 heavy (non-hydrogen) atoms. The van der Waals surface area contributed by atoms with Gasteiger partial charge in [-0.1, -0.05) is 0 Å². The van der Waals surface area contributed by atoms with E-state index < -0.39 is 0 Å². The number of aryl methyl sites for hydroxylation is 1. The Hall–Kier alpha value is -1.38. The fourth-order valence-corrected chi connectivity index (χ4v) is 1.46. The lowest BCUT2D eigenvalue weighted by Crippen LogP contribution is -2.29. The molecule has 0 fully saturated rings. The van der Waals surface area contributed by atoms with E-state index in [0.29, 0.717) is 0 Å². The highest BCUT2D eigenvalue weighted by molar-refractivity contribution is 5.25. The van der Waals surface area contributed by atoms with Gasteiger partial charge in [-0.15, -0.1) is 0 Å². The maximum absolute atomic E-state index is 9.12. The molecular weight excluding hydrogens is 202 g/mol. The van der Waals surface area contributed by atoms with Gasteiger partial charge in [0, 0.05) is 31.4 Å². The highest BCUT2D eigenvalue weighted by Crippen LogP contribution is 2.15. The zero-order valence-corrected chi connectivity index (χ0v) is 10.4. The number of hydrogen-bond donors (Lipinski definition) is 1. The molecule has 5 heteroatoms. The third kappa shape index (κ3) is 3.05. The van der Waals surface area contributed by atoms with Crippen LogP contribution in [0.15, 0.2) is 6.20 Å². The van der Waals surface area contributed by atoms with Crippen LogP contribution in [0.5, 0.6) is 0 Å². The third-order valence-electron chi connectivity index (χ3n) is 2.62. The van der Waals surface area contributed by atoms with Crippen molar-refractivity contribution in [2.24, 2.45) is 7.05 Å². The summed E-state index contributed by atoms with van der Waals surface area (Å²) in [6.07, 6.45) is 1.76. The quantitative estimate of drug-likeness (QED) is 0.784. The molecule has 1 unspecified atom stereocenters. The van der Waals surface area contributed by atoms with Crippen molar-refractivity contribution in [3.8, 4) is 6.07 Å². The fourth-order valence-electron chi connectivity index (χ4n) is 1.46. The monoisotopic (exact) mass is 221 g/mol. The van der Waals surface area contributed by atoms with Gasteiger partial charge >= 0.3 is 0 Å². The summed E-state index contributed by atoms with van der Waals surface area (Å²) in [6, 6.07) is 1.99. The Morgan fingerprint density at radius 3 is 2.75 bits per heavy atom. The molecular formula is C11H19N5. The van der Waals surface area contributed by atoms with Gasteiger partial charge in [-0.2, -0.15) is 10.4 Å². The summed E-state index contributed by atoms with van der Waals surface area (Å²) >= 11 is 0. The Balaban J connectivity index is 2.62. The topological polar surface area (TPSA) is 56.9 Å². The summed E-state index contributed by atoms with van der Waals surface area (Å²) in [7, 11) is 5.91. The molecule has 1 heterocycles. The van der Waals surface area contributed by atoms with Gasteiger partial charge in [0.1, 0.15) is 6.04 Å². The summed E-state index contributed by atoms with van der Waals surface area (Å²) in [5.74, 6) is 0. The highest BCUT2D eigenvalue weighted by Gasteiger charge is 2.15. The average Bonchev–Trinajstić information content (AvgIpc) is 2.55. The van der Waals surface area contributed by atoms with E-state index >= 15 is 0 Å². The van der Waals surface area contributed by atoms with Gasteiger partial charge in [-0.05, 0) is 21.0 Å². The molecule has 1 aromatic rings. The van der Waals surface area contributed by atoms with Gasteiger partial charge in [-0.25, -0.2) is 0 Å². The molecule has 1 rings (SSSR count). The molecule has 1 N–H and O–H groups in total. The molecule has 0 aliphatic carbocycles. The smallest absolute Gasteiger partial charge is 0.124 e. The van der Waals surface area contributed by atoms with Crippen molar-refractivity contribution in [3.63, 3.8) is 0 Å². The van der Waals surface area contributed by atoms with Gasteiger partial charge in [0.15, 0.2) is 0 Å². The first-order chi connectivity index (χ1) is 7.56. The van der Waals surface area contributed by atoms with E-state index in [-0.39, 0.29) is 6.04 Å². The zero-order chi connectivity index (χ0) is 12.1. The predicted octanol–water partition coefficient (Wildman–Crippen LogP) is 0.444. The summed E-state index contributed by atoms with van der Waals surface area (Å²) in [6.45, 7) is 3.68. The minimum atomic E-state index is -0.270. The minimum absolute atomic E-state index is 0.270. The van der Waals surface area contributed by atoms with Crippen LogP contribution in [0, 0.1) is 18.3 Å². The Morgan fingerprint density at radius 2 is 2.31 bits per heavy atom. The number of likely N-dealkylation sites (N-methyl/N-ethyl adjacent to an activating group) is 1. The number of hydrogen-bond acceptors (Lipinski definition) is 4. The Kier molecular flexibility index (Phi) is 4.47. The lowest BCUT2D eigenvalue weighted by atomic mass is 10.1. The summed E-state index contributed by atoms with van der Waals surface area (Å²) in [5, 5.41) is 16.5. The second kappa shape index (κ2) is 5.64. The first-order valence-corrected chi connectivity index (χ1v) is 5.32. The van der Waals surface area contributed by atoms with Crippen LogP contribution in [-0.4, -0.2) is 41.9 Å². The molecule has 88 valence electrons. The Morgan fingerprint density at radius 1 is 1.62 bits per heavy atom. The van der Waals surface area contributed by atoms with Gasteiger partial charge in [0.25, 0.3) is 0 Å². The third-order valence-corrected chi connectivity index (χ3v) is 2.62. The maximum Gasteiger partial charge on any atom is 0.124 e. The number of nitrogens with one attached hydrogen (secondary N) is 1. The van der Waals surface area contributed by atoms with E-state index in [1.807, 2.05) is 28.1 Å². The number of nitrogens with zero attached hydrogens (tertiary/aromatic N) is 4. The molecule has 0 aliphatic heterocycles. The van der Waals surface area contributed by atoms with Crippen LogP contribution in [0.2, 0.25) is 0 Å². The summed E-state index contributed by atoms with van der Waals surface area (Å²) in [5.41, 5.74) is 1.99. The normalized spacial score (nSPS) is 12.8. The SMILES string of the molecule is Cc1c(C(C#N)NCCN(C)C)cnn1C. The van der Waals surface area contributed by atoms with Crippen molar-refractivity contribution >= 4 is 0 Å². The standard InChI is InChI=1S/C11H19N5/c1-9-10(8-14-16(9)4)11(7-12)13-5-6-15(2)3/h8,11,13H,5-6H2,1-4H3. The van der Waals surface area contributed by atoms with E-state index in [9.17, 15) is 0 Å². The molecule has 0 bridgehead atoms. The molecule has 0 spiro atoms. The molecule has 1 aromatic heterocycles. The summed E-state index contributed by atoms with van der Waals surface area (Å²) < 4.78 is 1.79. The first-order valence-electron chi connectivity index (χ1n) is 5.32. The Bertz CT molecular complexity index is 374. The van der Waals surface area contributed by atoms with Crippen molar-refractivity contribution in [1.82, 2.24) is 20.0 Å². The predicted molar refractivity (Wildman–Crippen MR) is 62.9 cm³/mol. The van der Waals surface area contributed by atoms with E-state index in [4.69, 9.17) is 5.26 Å². The second-order valence-corrected chi connectivity index (χ2v) is 4.13. The van der Waals surface area contributed by atoms with Crippen molar-refractivity contribution in [2.45, 2.75) is 13.0 Å². The van der Waals surface area contributed by atoms with Crippen LogP contribution in [-0.2, 0) is 7.05 Å².